The van der Waals surface area contributed by atoms with E-state index in [1.807, 2.05) is 0 Å². The molecule has 2 aromatic heterocycles. The number of ether oxygens (including phenoxy) is 2. The number of carbonyl (C=O) groups excluding carboxylic acids is 1. The molecular weight excluding hydrogens is 364 g/mol. The highest BCUT2D eigenvalue weighted by Crippen LogP contribution is 2.31. The van der Waals surface area contributed by atoms with Crippen molar-refractivity contribution in [2.45, 2.75) is 13.5 Å². The van der Waals surface area contributed by atoms with Crippen molar-refractivity contribution in [3.63, 3.8) is 0 Å². The maximum absolute atomic E-state index is 12.9. The number of aromatic amines is 1. The molecule has 2 saturated heterocycles. The minimum Gasteiger partial charge on any atom is -0.379 e. The lowest BCUT2D eigenvalue weighted by Crippen LogP contribution is -2.41. The van der Waals surface area contributed by atoms with Gasteiger partial charge in [-0.3, -0.25) is 14.6 Å². The van der Waals surface area contributed by atoms with Crippen molar-refractivity contribution in [1.82, 2.24) is 20.1 Å². The standard InChI is InChI=1S/C19H28N4O3S/c1-14-12-16-18(27-14)15(13-23-6-10-26-11-7-23)17(21-16)19(24)20-2-3-22-4-8-25-9-5-22/h12,21H,2-11,13H2,1H3,(H,20,24). The van der Waals surface area contributed by atoms with E-state index in [9.17, 15) is 4.79 Å². The number of fused-ring (bicyclic) bond motifs is 1. The van der Waals surface area contributed by atoms with Gasteiger partial charge in [-0.1, -0.05) is 0 Å². The number of H-pyrrole nitrogens is 1. The molecule has 0 radical (unpaired) electrons. The molecule has 27 heavy (non-hydrogen) atoms. The third-order valence-electron chi connectivity index (χ3n) is 5.22. The van der Waals surface area contributed by atoms with Crippen LogP contribution in [0.5, 0.6) is 0 Å². The Morgan fingerprint density at radius 2 is 1.81 bits per heavy atom. The second-order valence-electron chi connectivity index (χ2n) is 7.18. The highest BCUT2D eigenvalue weighted by atomic mass is 32.1. The minimum atomic E-state index is -0.00688. The minimum absolute atomic E-state index is 0.00688. The van der Waals surface area contributed by atoms with Crippen LogP contribution >= 0.6 is 11.3 Å². The van der Waals surface area contributed by atoms with Crippen LogP contribution in [0.25, 0.3) is 10.2 Å². The van der Waals surface area contributed by atoms with Crippen LogP contribution in [0.3, 0.4) is 0 Å². The second-order valence-corrected chi connectivity index (χ2v) is 8.43. The molecule has 2 aromatic rings. The third-order valence-corrected chi connectivity index (χ3v) is 6.33. The third kappa shape index (κ3) is 4.52. The quantitative estimate of drug-likeness (QED) is 0.778. The Morgan fingerprint density at radius 1 is 1.15 bits per heavy atom. The van der Waals surface area contributed by atoms with Crippen molar-refractivity contribution in [2.75, 3.05) is 65.7 Å². The van der Waals surface area contributed by atoms with E-state index < -0.39 is 0 Å². The van der Waals surface area contributed by atoms with Gasteiger partial charge in [-0.25, -0.2) is 0 Å². The summed E-state index contributed by atoms with van der Waals surface area (Å²) in [7, 11) is 0. The Labute approximate surface area is 163 Å². The van der Waals surface area contributed by atoms with Gasteiger partial charge < -0.3 is 19.8 Å². The number of hydrogen-bond donors (Lipinski definition) is 2. The molecule has 7 nitrogen and oxygen atoms in total. The van der Waals surface area contributed by atoms with Crippen LogP contribution in [0.2, 0.25) is 0 Å². The van der Waals surface area contributed by atoms with Crippen LogP contribution in [0.15, 0.2) is 6.07 Å². The summed E-state index contributed by atoms with van der Waals surface area (Å²) >= 11 is 1.76. The van der Waals surface area contributed by atoms with Gasteiger partial charge in [0.25, 0.3) is 5.91 Å². The Morgan fingerprint density at radius 3 is 2.52 bits per heavy atom. The van der Waals surface area contributed by atoms with Crippen LogP contribution in [0.4, 0.5) is 0 Å². The molecule has 0 unspecified atom stereocenters. The molecule has 0 bridgehead atoms. The van der Waals surface area contributed by atoms with E-state index in [-0.39, 0.29) is 5.91 Å². The molecule has 4 rings (SSSR count). The van der Waals surface area contributed by atoms with Crippen molar-refractivity contribution in [1.29, 1.82) is 0 Å². The maximum Gasteiger partial charge on any atom is 0.268 e. The molecule has 2 aliphatic heterocycles. The first-order valence-corrected chi connectivity index (χ1v) is 10.5. The van der Waals surface area contributed by atoms with E-state index >= 15 is 0 Å². The number of nitrogens with one attached hydrogen (secondary N) is 2. The Hall–Kier alpha value is -1.45. The molecular formula is C19H28N4O3S. The highest BCUT2D eigenvalue weighted by Gasteiger charge is 2.22. The number of carbonyl (C=O) groups is 1. The van der Waals surface area contributed by atoms with Gasteiger partial charge in [-0.15, -0.1) is 11.3 Å². The molecule has 148 valence electrons. The molecule has 0 aliphatic carbocycles. The zero-order valence-corrected chi connectivity index (χ0v) is 16.7. The summed E-state index contributed by atoms with van der Waals surface area (Å²) in [5.41, 5.74) is 2.90. The molecule has 2 fully saturated rings. The number of aromatic nitrogens is 1. The van der Waals surface area contributed by atoms with Gasteiger partial charge in [0, 0.05) is 56.3 Å². The van der Waals surface area contributed by atoms with E-state index in [4.69, 9.17) is 9.47 Å². The predicted octanol–water partition coefficient (Wildman–Crippen LogP) is 1.43. The highest BCUT2D eigenvalue weighted by molar-refractivity contribution is 7.19. The first kappa shape index (κ1) is 18.9. The number of amides is 1. The maximum atomic E-state index is 12.9. The first-order chi connectivity index (χ1) is 13.2. The normalized spacial score (nSPS) is 19.6. The number of hydrogen-bond acceptors (Lipinski definition) is 6. The monoisotopic (exact) mass is 392 g/mol. The lowest BCUT2D eigenvalue weighted by Gasteiger charge is -2.27. The Bertz CT molecular complexity index is 775. The van der Waals surface area contributed by atoms with Crippen molar-refractivity contribution in [2.24, 2.45) is 0 Å². The molecule has 1 amide bonds. The van der Waals surface area contributed by atoms with Crippen LogP contribution in [0.1, 0.15) is 20.9 Å². The summed E-state index contributed by atoms with van der Waals surface area (Å²) in [4.78, 5) is 22.2. The van der Waals surface area contributed by atoms with Crippen LogP contribution < -0.4 is 5.32 Å². The fraction of sp³-hybridized carbons (Fsp3) is 0.632. The Balaban J connectivity index is 1.45. The largest absolute Gasteiger partial charge is 0.379 e. The molecule has 4 heterocycles. The van der Waals surface area contributed by atoms with Gasteiger partial charge in [0.05, 0.1) is 36.6 Å². The number of morpholine rings is 2. The van der Waals surface area contributed by atoms with Crippen LogP contribution in [0, 0.1) is 6.92 Å². The van der Waals surface area contributed by atoms with Gasteiger partial charge >= 0.3 is 0 Å². The summed E-state index contributed by atoms with van der Waals surface area (Å²) in [6, 6.07) is 2.13. The smallest absolute Gasteiger partial charge is 0.268 e. The number of rotatable bonds is 6. The van der Waals surface area contributed by atoms with E-state index in [1.165, 1.54) is 9.58 Å². The van der Waals surface area contributed by atoms with E-state index in [0.717, 1.165) is 76.8 Å². The molecule has 8 heteroatoms. The number of thiophene rings is 1. The molecule has 0 spiro atoms. The van der Waals surface area contributed by atoms with Gasteiger partial charge in [-0.05, 0) is 13.0 Å². The van der Waals surface area contributed by atoms with Crippen molar-refractivity contribution < 1.29 is 14.3 Å². The Kier molecular flexibility index (Phi) is 6.09. The van der Waals surface area contributed by atoms with Crippen molar-refractivity contribution in [3.8, 4) is 0 Å². The number of nitrogens with zero attached hydrogens (tertiary/aromatic N) is 2. The van der Waals surface area contributed by atoms with E-state index in [2.05, 4.69) is 33.1 Å². The van der Waals surface area contributed by atoms with E-state index in [1.54, 1.807) is 11.3 Å². The average Bonchev–Trinajstić information content (AvgIpc) is 3.20. The molecule has 2 aliphatic rings. The molecule has 2 N–H and O–H groups in total. The van der Waals surface area contributed by atoms with Gasteiger partial charge in [0.15, 0.2) is 0 Å². The second kappa shape index (κ2) is 8.70. The zero-order valence-electron chi connectivity index (χ0n) is 15.9. The van der Waals surface area contributed by atoms with Crippen LogP contribution in [-0.2, 0) is 16.0 Å². The first-order valence-electron chi connectivity index (χ1n) is 9.70. The van der Waals surface area contributed by atoms with Crippen LogP contribution in [-0.4, -0.2) is 86.4 Å². The summed E-state index contributed by atoms with van der Waals surface area (Å²) in [5, 5.41) is 3.10. The van der Waals surface area contributed by atoms with Gasteiger partial charge in [0.2, 0.25) is 0 Å². The van der Waals surface area contributed by atoms with Crippen molar-refractivity contribution in [3.05, 3.63) is 22.2 Å². The summed E-state index contributed by atoms with van der Waals surface area (Å²) in [5.74, 6) is -0.00688. The van der Waals surface area contributed by atoms with Crippen molar-refractivity contribution >= 4 is 27.5 Å². The zero-order chi connectivity index (χ0) is 18.6. The fourth-order valence-electron chi connectivity index (χ4n) is 3.72. The van der Waals surface area contributed by atoms with Gasteiger partial charge in [-0.2, -0.15) is 0 Å². The molecule has 0 atom stereocenters. The average molecular weight is 393 g/mol. The molecule has 0 saturated carbocycles. The lowest BCUT2D eigenvalue weighted by atomic mass is 10.2. The lowest BCUT2D eigenvalue weighted by molar-refractivity contribution is 0.0342. The summed E-state index contributed by atoms with van der Waals surface area (Å²) in [6.07, 6.45) is 0. The fourth-order valence-corrected chi connectivity index (χ4v) is 4.73. The number of aryl methyl sites for hydroxylation is 1. The summed E-state index contributed by atoms with van der Waals surface area (Å²) in [6.45, 7) is 11.2. The predicted molar refractivity (Wildman–Crippen MR) is 107 cm³/mol. The SMILES string of the molecule is Cc1cc2[nH]c(C(=O)NCCN3CCOCC3)c(CN3CCOCC3)c2s1. The van der Waals surface area contributed by atoms with E-state index in [0.29, 0.717) is 12.2 Å². The van der Waals surface area contributed by atoms with Gasteiger partial charge in [0.1, 0.15) is 5.69 Å². The topological polar surface area (TPSA) is 69.8 Å². The summed E-state index contributed by atoms with van der Waals surface area (Å²) < 4.78 is 12.0. The molecule has 0 aromatic carbocycles.